The van der Waals surface area contributed by atoms with Crippen molar-refractivity contribution in [3.8, 4) is 0 Å². The highest BCUT2D eigenvalue weighted by molar-refractivity contribution is 6.01. The van der Waals surface area contributed by atoms with Crippen LogP contribution in [0.5, 0.6) is 0 Å². The molecule has 3 fully saturated rings. The van der Waals surface area contributed by atoms with Crippen LogP contribution in [-0.2, 0) is 25.5 Å². The molecule has 10 nitrogen and oxygen atoms in total. The van der Waals surface area contributed by atoms with Crippen molar-refractivity contribution in [3.05, 3.63) is 41.6 Å². The highest BCUT2D eigenvalue weighted by Crippen LogP contribution is 2.49. The Morgan fingerprint density at radius 1 is 1.22 bits per heavy atom. The second-order valence-electron chi connectivity index (χ2n) is 13.1. The van der Waals surface area contributed by atoms with Gasteiger partial charge in [-0.1, -0.05) is 45.9 Å². The Kier molecular flexibility index (Phi) is 5.79. The van der Waals surface area contributed by atoms with E-state index in [1.165, 1.54) is 15.8 Å². The maximum absolute atomic E-state index is 14.3. The van der Waals surface area contributed by atoms with Gasteiger partial charge in [0.1, 0.15) is 12.1 Å². The van der Waals surface area contributed by atoms with Crippen LogP contribution in [0.1, 0.15) is 51.7 Å². The summed E-state index contributed by atoms with van der Waals surface area (Å²) in [5.74, 6) is -4.36. The summed E-state index contributed by atoms with van der Waals surface area (Å²) < 4.78 is 6.40. The number of hydrogen-bond acceptors (Lipinski definition) is 6. The molecule has 0 unspecified atom stereocenters. The van der Waals surface area contributed by atoms with Crippen molar-refractivity contribution in [1.82, 2.24) is 25.0 Å². The lowest BCUT2D eigenvalue weighted by molar-refractivity contribution is -0.323. The van der Waals surface area contributed by atoms with Gasteiger partial charge in [0.25, 0.3) is 11.8 Å². The van der Waals surface area contributed by atoms with Gasteiger partial charge >= 0.3 is 0 Å². The fourth-order valence-electron chi connectivity index (χ4n) is 7.97. The molecule has 218 valence electrons. The average Bonchev–Trinajstić information content (AvgIpc) is 3.64. The molecule has 1 aromatic carbocycles. The Hall–Kier alpha value is -3.21. The first-order chi connectivity index (χ1) is 19.5. The summed E-state index contributed by atoms with van der Waals surface area (Å²) in [6.45, 7) is 8.32. The third-order valence-electron chi connectivity index (χ3n) is 10.1. The molecule has 4 aliphatic heterocycles. The van der Waals surface area contributed by atoms with E-state index in [2.05, 4.69) is 33.5 Å². The highest BCUT2D eigenvalue weighted by atomic mass is 16.7. The maximum atomic E-state index is 14.3. The first-order valence-corrected chi connectivity index (χ1v) is 14.9. The topological polar surface area (TPSA) is 118 Å². The van der Waals surface area contributed by atoms with Crippen molar-refractivity contribution in [2.24, 2.45) is 17.8 Å². The van der Waals surface area contributed by atoms with Gasteiger partial charge in [0.2, 0.25) is 17.5 Å². The van der Waals surface area contributed by atoms with Crippen LogP contribution in [0.15, 0.2) is 30.5 Å². The van der Waals surface area contributed by atoms with Gasteiger partial charge in [-0.2, -0.15) is 0 Å². The Bertz CT molecular complexity index is 1500. The molecule has 10 heteroatoms. The number of ether oxygens (including phenoxy) is 1. The molecule has 0 spiro atoms. The van der Waals surface area contributed by atoms with E-state index in [0.29, 0.717) is 25.9 Å². The fourth-order valence-corrected chi connectivity index (χ4v) is 7.97. The maximum Gasteiger partial charge on any atom is 0.281 e. The lowest BCUT2D eigenvalue weighted by atomic mass is 9.79. The van der Waals surface area contributed by atoms with Gasteiger partial charge in [-0.05, 0) is 55.0 Å². The number of nitrogens with one attached hydrogen (secondary N) is 2. The van der Waals surface area contributed by atoms with Crippen LogP contribution in [0.4, 0.5) is 0 Å². The van der Waals surface area contributed by atoms with Crippen LogP contribution in [0, 0.1) is 17.8 Å². The predicted molar refractivity (Wildman–Crippen MR) is 152 cm³/mol. The van der Waals surface area contributed by atoms with E-state index in [-0.39, 0.29) is 23.8 Å². The van der Waals surface area contributed by atoms with Gasteiger partial charge in [-0.25, -0.2) is 0 Å². The summed E-state index contributed by atoms with van der Waals surface area (Å²) in [5, 5.41) is 16.2. The molecule has 5 aliphatic rings. The molecule has 6 atom stereocenters. The Labute approximate surface area is 239 Å². The minimum atomic E-state index is -2.01. The number of amides is 3. The normalized spacial score (nSPS) is 34.8. The third-order valence-corrected chi connectivity index (χ3v) is 10.1. The number of aromatic nitrogens is 1. The van der Waals surface area contributed by atoms with Gasteiger partial charge in [0.15, 0.2) is 0 Å². The van der Waals surface area contributed by atoms with Gasteiger partial charge in [0, 0.05) is 42.1 Å². The number of aliphatic hydroxyl groups is 1. The summed E-state index contributed by atoms with van der Waals surface area (Å²) in [4.78, 5) is 50.4. The summed E-state index contributed by atoms with van der Waals surface area (Å²) in [6, 6.07) is 4.80. The van der Waals surface area contributed by atoms with Crippen molar-refractivity contribution in [3.63, 3.8) is 0 Å². The molecule has 3 amide bonds. The summed E-state index contributed by atoms with van der Waals surface area (Å²) in [6.07, 6.45) is 6.21. The van der Waals surface area contributed by atoms with Crippen molar-refractivity contribution in [1.29, 1.82) is 0 Å². The smallest absolute Gasteiger partial charge is 0.281 e. The van der Waals surface area contributed by atoms with Gasteiger partial charge < -0.3 is 20.3 Å². The van der Waals surface area contributed by atoms with Crippen molar-refractivity contribution in [2.45, 2.75) is 76.7 Å². The van der Waals surface area contributed by atoms with Gasteiger partial charge in [-0.15, -0.1) is 0 Å². The molecule has 3 saturated heterocycles. The number of rotatable bonds is 4. The van der Waals surface area contributed by atoms with Crippen LogP contribution in [-0.4, -0.2) is 92.4 Å². The van der Waals surface area contributed by atoms with Crippen LogP contribution >= 0.6 is 0 Å². The minimum Gasteiger partial charge on any atom is -0.361 e. The number of fused-ring (bicyclic) bond motifs is 5. The molecule has 0 radical (unpaired) electrons. The molecule has 41 heavy (non-hydrogen) atoms. The van der Waals surface area contributed by atoms with E-state index in [9.17, 15) is 19.5 Å². The molecule has 1 aromatic heterocycles. The number of carbonyl (C=O) groups is 3. The molecule has 0 bridgehead atoms. The van der Waals surface area contributed by atoms with Crippen LogP contribution in [0.3, 0.4) is 0 Å². The van der Waals surface area contributed by atoms with E-state index in [1.807, 2.05) is 33.0 Å². The predicted octanol–water partition coefficient (Wildman–Crippen LogP) is 2.04. The van der Waals surface area contributed by atoms with E-state index in [0.717, 1.165) is 23.1 Å². The van der Waals surface area contributed by atoms with E-state index >= 15 is 0 Å². The number of hydrogen-bond donors (Lipinski definition) is 3. The van der Waals surface area contributed by atoms with Crippen LogP contribution in [0.2, 0.25) is 0 Å². The summed E-state index contributed by atoms with van der Waals surface area (Å²) >= 11 is 0. The number of likely N-dealkylation sites (N-methyl/N-ethyl adjacent to an activating group) is 1. The second kappa shape index (κ2) is 8.89. The van der Waals surface area contributed by atoms with E-state index < -0.39 is 41.5 Å². The first kappa shape index (κ1) is 26.7. The quantitative estimate of drug-likeness (QED) is 0.526. The molecule has 2 aromatic rings. The lowest BCUT2D eigenvalue weighted by Gasteiger charge is -2.49. The number of carbonyl (C=O) groups excluding carboxylic acids is 3. The Balaban J connectivity index is 1.25. The van der Waals surface area contributed by atoms with Crippen molar-refractivity contribution < 1.29 is 24.2 Å². The summed E-state index contributed by atoms with van der Waals surface area (Å²) in [5.41, 5.74) is 2.78. The molecular weight excluding hydrogens is 522 g/mol. The molecule has 1 aliphatic carbocycles. The SMILES string of the molecule is CC(C)[C@@H]1C(=O)N2CCC[C@H]2[C@]2(O)O[C@](NC(=O)[C@@H]3C=C4c5cccc6[nH]cc(c56)C[C@H]4N(C)C3)(C(C)C)C(=O)N12. The zero-order valence-electron chi connectivity index (χ0n) is 24.3. The first-order valence-electron chi connectivity index (χ1n) is 14.9. The lowest BCUT2D eigenvalue weighted by Crippen LogP contribution is -2.72. The molecule has 3 N–H and O–H groups in total. The van der Waals surface area contributed by atoms with Crippen LogP contribution < -0.4 is 5.32 Å². The average molecular weight is 562 g/mol. The number of benzene rings is 1. The standard InChI is InChI=1S/C31H39N5O5/c1-16(2)26-28(38)35-11-7-10-24(35)31(40)36(26)29(39)30(41-31,17(3)4)33-27(37)19-12-21-20-8-6-9-22-25(20)18(14-32-22)13-23(21)34(5)15-19/h6,8-9,12,14,16-17,19,23-24,26,32,40H,7,10-11,13,15H2,1-5H3,(H,33,37)/t19-,23-,24+,26-,30-,31+/m1/s1. The number of nitrogens with zero attached hydrogens (tertiary/aromatic N) is 3. The minimum absolute atomic E-state index is 0.150. The third kappa shape index (κ3) is 3.50. The van der Waals surface area contributed by atoms with Gasteiger partial charge in [-0.3, -0.25) is 28.9 Å². The number of piperazine rings is 1. The van der Waals surface area contributed by atoms with E-state index in [1.54, 1.807) is 18.7 Å². The monoisotopic (exact) mass is 561 g/mol. The fraction of sp³-hybridized carbons (Fsp3) is 0.581. The summed E-state index contributed by atoms with van der Waals surface area (Å²) in [7, 11) is 2.03. The van der Waals surface area contributed by atoms with Crippen molar-refractivity contribution >= 4 is 34.2 Å². The largest absolute Gasteiger partial charge is 0.361 e. The zero-order valence-corrected chi connectivity index (χ0v) is 24.3. The number of H-pyrrole nitrogens is 1. The second-order valence-corrected chi connectivity index (χ2v) is 13.1. The number of aromatic amines is 1. The molecule has 0 saturated carbocycles. The molecular formula is C31H39N5O5. The van der Waals surface area contributed by atoms with Crippen molar-refractivity contribution in [2.75, 3.05) is 20.1 Å². The van der Waals surface area contributed by atoms with Crippen LogP contribution in [0.25, 0.3) is 16.5 Å². The molecule has 5 heterocycles. The Morgan fingerprint density at radius 3 is 2.73 bits per heavy atom. The van der Waals surface area contributed by atoms with E-state index in [4.69, 9.17) is 4.74 Å². The van der Waals surface area contributed by atoms with Gasteiger partial charge in [0.05, 0.1) is 5.92 Å². The highest BCUT2D eigenvalue weighted by Gasteiger charge is 2.72. The zero-order chi connectivity index (χ0) is 29.0. The molecule has 7 rings (SSSR count). The Morgan fingerprint density at radius 2 is 2.00 bits per heavy atom.